The highest BCUT2D eigenvalue weighted by Crippen LogP contribution is 2.28. The summed E-state index contributed by atoms with van der Waals surface area (Å²) in [4.78, 5) is 34.9. The Morgan fingerprint density at radius 3 is 2.73 bits per heavy atom. The normalized spacial score (nSPS) is 16.7. The summed E-state index contributed by atoms with van der Waals surface area (Å²) in [5.74, 6) is -1.21. The Labute approximate surface area is 148 Å². The van der Waals surface area contributed by atoms with Crippen LogP contribution in [0.2, 0.25) is 0 Å². The number of carbonyl (C=O) groups is 2. The van der Waals surface area contributed by atoms with E-state index in [-0.39, 0.29) is 17.5 Å². The maximum atomic E-state index is 12.3. The van der Waals surface area contributed by atoms with Crippen molar-refractivity contribution in [2.75, 3.05) is 13.2 Å². The number of nitrogens with zero attached hydrogens (tertiary/aromatic N) is 2. The first-order valence-electron chi connectivity index (χ1n) is 8.18. The predicted octanol–water partition coefficient (Wildman–Crippen LogP) is 1.84. The third-order valence-corrected chi connectivity index (χ3v) is 4.39. The van der Waals surface area contributed by atoms with Crippen LogP contribution in [0.15, 0.2) is 36.8 Å². The molecular formula is C18H16N4O4. The summed E-state index contributed by atoms with van der Waals surface area (Å²) in [6, 6.07) is 6.94. The number of aromatic amines is 1. The van der Waals surface area contributed by atoms with E-state index in [4.69, 9.17) is 4.74 Å². The first-order chi connectivity index (χ1) is 12.6. The van der Waals surface area contributed by atoms with Gasteiger partial charge in [0.1, 0.15) is 12.0 Å². The van der Waals surface area contributed by atoms with Crippen molar-refractivity contribution in [3.05, 3.63) is 47.9 Å². The molecule has 0 aliphatic carbocycles. The molecule has 1 fully saturated rings. The van der Waals surface area contributed by atoms with Crippen molar-refractivity contribution in [1.82, 2.24) is 20.3 Å². The molecule has 0 bridgehead atoms. The lowest BCUT2D eigenvalue weighted by atomic mass is 10.0. The molecule has 0 saturated carbocycles. The molecule has 3 N–H and O–H groups in total. The minimum absolute atomic E-state index is 0.0432. The van der Waals surface area contributed by atoms with Gasteiger partial charge in [-0.2, -0.15) is 0 Å². The number of ether oxygens (including phenoxy) is 1. The van der Waals surface area contributed by atoms with Crippen LogP contribution in [0.25, 0.3) is 22.3 Å². The number of nitrogens with one attached hydrogen (secondary N) is 2. The maximum Gasteiger partial charge on any atom is 0.338 e. The summed E-state index contributed by atoms with van der Waals surface area (Å²) in [5.41, 5.74) is 2.30. The molecule has 3 heterocycles. The SMILES string of the molecule is O=C(NC1CCOC1)c1ccc(-c2ncnc3[nH]cc(C(=O)O)c23)cc1. The smallest absolute Gasteiger partial charge is 0.338 e. The topological polar surface area (TPSA) is 117 Å². The second-order valence-corrected chi connectivity index (χ2v) is 6.06. The number of carboxylic acids is 1. The number of fused-ring (bicyclic) bond motifs is 1. The van der Waals surface area contributed by atoms with Crippen molar-refractivity contribution in [3.63, 3.8) is 0 Å². The van der Waals surface area contributed by atoms with Crippen LogP contribution in [0, 0.1) is 0 Å². The van der Waals surface area contributed by atoms with E-state index in [0.29, 0.717) is 41.1 Å². The van der Waals surface area contributed by atoms with Crippen LogP contribution < -0.4 is 5.32 Å². The molecule has 1 amide bonds. The Morgan fingerprint density at radius 2 is 2.04 bits per heavy atom. The van der Waals surface area contributed by atoms with Crippen molar-refractivity contribution < 1.29 is 19.4 Å². The van der Waals surface area contributed by atoms with Crippen LogP contribution >= 0.6 is 0 Å². The molecule has 132 valence electrons. The van der Waals surface area contributed by atoms with Crippen LogP contribution in [0.3, 0.4) is 0 Å². The number of aromatic nitrogens is 3. The minimum Gasteiger partial charge on any atom is -0.478 e. The van der Waals surface area contributed by atoms with Gasteiger partial charge < -0.3 is 20.1 Å². The fraction of sp³-hybridized carbons (Fsp3) is 0.222. The predicted molar refractivity (Wildman–Crippen MR) is 93.0 cm³/mol. The number of amides is 1. The maximum absolute atomic E-state index is 12.3. The number of carboxylic acid groups (broad SMARTS) is 1. The zero-order valence-corrected chi connectivity index (χ0v) is 13.7. The Kier molecular flexibility index (Phi) is 4.10. The quantitative estimate of drug-likeness (QED) is 0.659. The molecule has 1 aliphatic heterocycles. The molecule has 0 radical (unpaired) electrons. The average Bonchev–Trinajstić information content (AvgIpc) is 3.31. The highest BCUT2D eigenvalue weighted by molar-refractivity contribution is 6.07. The highest BCUT2D eigenvalue weighted by atomic mass is 16.5. The number of benzene rings is 1. The molecule has 3 aromatic rings. The van der Waals surface area contributed by atoms with Crippen LogP contribution in [0.4, 0.5) is 0 Å². The summed E-state index contributed by atoms with van der Waals surface area (Å²) >= 11 is 0. The van der Waals surface area contributed by atoms with Crippen LogP contribution in [0.5, 0.6) is 0 Å². The Bertz CT molecular complexity index is 975. The molecule has 0 spiro atoms. The molecular weight excluding hydrogens is 336 g/mol. The molecule has 1 aromatic carbocycles. The summed E-state index contributed by atoms with van der Waals surface area (Å²) < 4.78 is 5.25. The second-order valence-electron chi connectivity index (χ2n) is 6.06. The van der Waals surface area contributed by atoms with Crippen LogP contribution in [-0.2, 0) is 4.74 Å². The lowest BCUT2D eigenvalue weighted by Crippen LogP contribution is -2.34. The number of aromatic carboxylic acids is 1. The molecule has 1 unspecified atom stereocenters. The van der Waals surface area contributed by atoms with Crippen LogP contribution in [0.1, 0.15) is 27.1 Å². The first kappa shape index (κ1) is 16.2. The molecule has 1 saturated heterocycles. The van der Waals surface area contributed by atoms with Gasteiger partial charge in [0.2, 0.25) is 0 Å². The van der Waals surface area contributed by atoms with Gasteiger partial charge in [-0.15, -0.1) is 0 Å². The number of hydrogen-bond acceptors (Lipinski definition) is 5. The van der Waals surface area contributed by atoms with Crippen molar-refractivity contribution >= 4 is 22.9 Å². The lowest BCUT2D eigenvalue weighted by molar-refractivity contribution is 0.0698. The van der Waals surface area contributed by atoms with E-state index in [2.05, 4.69) is 20.3 Å². The van der Waals surface area contributed by atoms with E-state index in [1.165, 1.54) is 12.5 Å². The van der Waals surface area contributed by atoms with E-state index in [1.54, 1.807) is 24.3 Å². The third kappa shape index (κ3) is 2.91. The summed E-state index contributed by atoms with van der Waals surface area (Å²) in [5, 5.41) is 12.7. The van der Waals surface area contributed by atoms with Gasteiger partial charge in [0.05, 0.1) is 29.3 Å². The van der Waals surface area contributed by atoms with E-state index in [9.17, 15) is 14.7 Å². The number of rotatable bonds is 4. The van der Waals surface area contributed by atoms with Gasteiger partial charge in [0.25, 0.3) is 5.91 Å². The molecule has 8 heteroatoms. The molecule has 8 nitrogen and oxygen atoms in total. The summed E-state index contributed by atoms with van der Waals surface area (Å²) in [6.45, 7) is 1.20. The fourth-order valence-electron chi connectivity index (χ4n) is 3.05. The van der Waals surface area contributed by atoms with Crippen LogP contribution in [-0.4, -0.2) is 51.2 Å². The van der Waals surface area contributed by atoms with Crippen molar-refractivity contribution in [3.8, 4) is 11.3 Å². The van der Waals surface area contributed by atoms with Crippen molar-refractivity contribution in [2.45, 2.75) is 12.5 Å². The number of hydrogen-bond donors (Lipinski definition) is 3. The zero-order valence-electron chi connectivity index (χ0n) is 13.7. The van der Waals surface area contributed by atoms with Gasteiger partial charge in [-0.05, 0) is 18.6 Å². The van der Waals surface area contributed by atoms with Gasteiger partial charge in [0.15, 0.2) is 0 Å². The molecule has 4 rings (SSSR count). The van der Waals surface area contributed by atoms with Gasteiger partial charge in [-0.1, -0.05) is 12.1 Å². The zero-order chi connectivity index (χ0) is 18.1. The second kappa shape index (κ2) is 6.57. The van der Waals surface area contributed by atoms with Gasteiger partial charge >= 0.3 is 5.97 Å². The van der Waals surface area contributed by atoms with E-state index in [1.807, 2.05) is 0 Å². The third-order valence-electron chi connectivity index (χ3n) is 4.39. The number of H-pyrrole nitrogens is 1. The van der Waals surface area contributed by atoms with E-state index >= 15 is 0 Å². The summed E-state index contributed by atoms with van der Waals surface area (Å²) in [7, 11) is 0. The van der Waals surface area contributed by atoms with Gasteiger partial charge in [0, 0.05) is 23.9 Å². The van der Waals surface area contributed by atoms with E-state index < -0.39 is 5.97 Å². The molecule has 1 aliphatic rings. The highest BCUT2D eigenvalue weighted by Gasteiger charge is 2.20. The largest absolute Gasteiger partial charge is 0.478 e. The average molecular weight is 352 g/mol. The standard InChI is InChI=1S/C18H16N4O4/c23-17(22-12-5-6-26-8-12)11-3-1-10(2-4-11)15-14-13(18(24)25)7-19-16(14)21-9-20-15/h1-4,7,9,12H,5-6,8H2,(H,22,23)(H,24,25)(H,19,20,21). The Morgan fingerprint density at radius 1 is 1.23 bits per heavy atom. The van der Waals surface area contributed by atoms with Crippen molar-refractivity contribution in [1.29, 1.82) is 0 Å². The fourth-order valence-corrected chi connectivity index (χ4v) is 3.05. The minimum atomic E-state index is -1.05. The number of carbonyl (C=O) groups excluding carboxylic acids is 1. The van der Waals surface area contributed by atoms with E-state index in [0.717, 1.165) is 6.42 Å². The molecule has 1 atom stereocenters. The van der Waals surface area contributed by atoms with Gasteiger partial charge in [-0.3, -0.25) is 4.79 Å². The monoisotopic (exact) mass is 352 g/mol. The lowest BCUT2D eigenvalue weighted by Gasteiger charge is -2.11. The Hall–Kier alpha value is -3.26. The summed E-state index contributed by atoms with van der Waals surface area (Å²) in [6.07, 6.45) is 3.59. The Balaban J connectivity index is 1.65. The first-order valence-corrected chi connectivity index (χ1v) is 8.18. The molecule has 2 aromatic heterocycles. The van der Waals surface area contributed by atoms with Gasteiger partial charge in [-0.25, -0.2) is 14.8 Å². The van der Waals surface area contributed by atoms with Crippen molar-refractivity contribution in [2.24, 2.45) is 0 Å². The molecule has 26 heavy (non-hydrogen) atoms.